The maximum atomic E-state index is 12.1. The van der Waals surface area contributed by atoms with Crippen molar-refractivity contribution in [1.29, 1.82) is 0 Å². The SMILES string of the molecule is CCCNC(=O)CN1CCN(c2nn3c(NC4CCCC4)c(-c4ccc(C)cc4)nc3s2)CC1. The smallest absolute Gasteiger partial charge is 0.234 e. The second kappa shape index (κ2) is 10.3. The highest BCUT2D eigenvalue weighted by Crippen LogP contribution is 2.35. The fourth-order valence-corrected chi connectivity index (χ4v) is 5.75. The van der Waals surface area contributed by atoms with Crippen LogP contribution in [0.15, 0.2) is 24.3 Å². The number of aromatic nitrogens is 3. The van der Waals surface area contributed by atoms with Gasteiger partial charge in [0.15, 0.2) is 5.82 Å². The number of hydrogen-bond donors (Lipinski definition) is 2. The summed E-state index contributed by atoms with van der Waals surface area (Å²) in [7, 11) is 0. The van der Waals surface area contributed by atoms with Crippen molar-refractivity contribution >= 4 is 33.2 Å². The van der Waals surface area contributed by atoms with Gasteiger partial charge in [0.2, 0.25) is 16.0 Å². The van der Waals surface area contributed by atoms with Crippen molar-refractivity contribution < 1.29 is 4.79 Å². The summed E-state index contributed by atoms with van der Waals surface area (Å²) in [6.07, 6.45) is 5.93. The second-order valence-electron chi connectivity index (χ2n) is 9.49. The van der Waals surface area contributed by atoms with Crippen LogP contribution in [0, 0.1) is 6.92 Å². The number of piperazine rings is 1. The minimum absolute atomic E-state index is 0.120. The van der Waals surface area contributed by atoms with Crippen LogP contribution in [0.25, 0.3) is 16.2 Å². The molecule has 1 saturated carbocycles. The fraction of sp³-hybridized carbons (Fsp3) is 0.560. The molecule has 1 aromatic carbocycles. The molecule has 0 atom stereocenters. The first-order chi connectivity index (χ1) is 16.6. The molecule has 5 rings (SSSR count). The van der Waals surface area contributed by atoms with Gasteiger partial charge in [0.1, 0.15) is 5.69 Å². The van der Waals surface area contributed by atoms with E-state index in [1.807, 2.05) is 4.52 Å². The Hall–Kier alpha value is -2.65. The van der Waals surface area contributed by atoms with Crippen LogP contribution in [0.4, 0.5) is 10.9 Å². The van der Waals surface area contributed by atoms with Crippen molar-refractivity contribution in [3.05, 3.63) is 29.8 Å². The molecule has 2 N–H and O–H groups in total. The minimum Gasteiger partial charge on any atom is -0.365 e. The van der Waals surface area contributed by atoms with Crippen LogP contribution in [0.1, 0.15) is 44.6 Å². The van der Waals surface area contributed by atoms with Crippen LogP contribution in [0.3, 0.4) is 0 Å². The predicted molar refractivity (Wildman–Crippen MR) is 139 cm³/mol. The zero-order chi connectivity index (χ0) is 23.5. The molecular formula is C25H35N7OS. The van der Waals surface area contributed by atoms with Gasteiger partial charge >= 0.3 is 0 Å². The second-order valence-corrected chi connectivity index (χ2v) is 10.4. The highest BCUT2D eigenvalue weighted by Gasteiger charge is 2.26. The van der Waals surface area contributed by atoms with Gasteiger partial charge in [0.05, 0.1) is 6.54 Å². The number of anilines is 2. The van der Waals surface area contributed by atoms with E-state index in [4.69, 9.17) is 10.1 Å². The number of amides is 1. The molecule has 3 heterocycles. The summed E-state index contributed by atoms with van der Waals surface area (Å²) in [6.45, 7) is 8.87. The summed E-state index contributed by atoms with van der Waals surface area (Å²) in [5.41, 5.74) is 3.36. The molecule has 1 aliphatic heterocycles. The molecule has 0 unspecified atom stereocenters. The molecule has 0 bridgehead atoms. The van der Waals surface area contributed by atoms with E-state index in [0.29, 0.717) is 12.6 Å². The van der Waals surface area contributed by atoms with Crippen molar-refractivity contribution in [1.82, 2.24) is 24.8 Å². The summed E-state index contributed by atoms with van der Waals surface area (Å²) in [4.78, 5) is 22.5. The van der Waals surface area contributed by atoms with E-state index in [2.05, 4.69) is 58.5 Å². The number of rotatable bonds is 8. The van der Waals surface area contributed by atoms with Gasteiger partial charge in [-0.3, -0.25) is 9.69 Å². The summed E-state index contributed by atoms with van der Waals surface area (Å²) in [6, 6.07) is 9.07. The lowest BCUT2D eigenvalue weighted by atomic mass is 10.1. The number of aryl methyl sites for hydroxylation is 1. The Bertz CT molecular complexity index is 1110. The molecule has 1 aliphatic carbocycles. The van der Waals surface area contributed by atoms with E-state index in [1.54, 1.807) is 11.3 Å². The van der Waals surface area contributed by atoms with Crippen molar-refractivity contribution in [3.63, 3.8) is 0 Å². The topological polar surface area (TPSA) is 77.8 Å². The normalized spacial score (nSPS) is 17.5. The van der Waals surface area contributed by atoms with Gasteiger partial charge in [-0.15, -0.1) is 5.10 Å². The standard InChI is InChI=1S/C25H35N7OS/c1-3-12-26-21(33)17-30-13-15-31(16-14-30)25-29-32-23(27-20-6-4-5-7-20)22(28-24(32)34-25)19-10-8-18(2)9-11-19/h8-11,20,27H,3-7,12-17H2,1-2H3,(H,26,33). The first-order valence-electron chi connectivity index (χ1n) is 12.6. The van der Waals surface area contributed by atoms with Crippen molar-refractivity contribution in [3.8, 4) is 11.3 Å². The molecule has 2 fully saturated rings. The number of benzene rings is 1. The molecule has 8 nitrogen and oxygen atoms in total. The van der Waals surface area contributed by atoms with E-state index in [1.165, 1.54) is 31.2 Å². The lowest BCUT2D eigenvalue weighted by molar-refractivity contribution is -0.122. The van der Waals surface area contributed by atoms with Gasteiger partial charge in [-0.1, -0.05) is 60.9 Å². The van der Waals surface area contributed by atoms with Crippen LogP contribution in [-0.2, 0) is 4.79 Å². The molecule has 182 valence electrons. The van der Waals surface area contributed by atoms with Crippen LogP contribution >= 0.6 is 11.3 Å². The Morgan fingerprint density at radius 2 is 1.85 bits per heavy atom. The highest BCUT2D eigenvalue weighted by molar-refractivity contribution is 7.20. The molecule has 3 aromatic rings. The van der Waals surface area contributed by atoms with Gasteiger partial charge in [-0.05, 0) is 26.2 Å². The van der Waals surface area contributed by atoms with Crippen molar-refractivity contribution in [2.45, 2.75) is 52.0 Å². The summed E-state index contributed by atoms with van der Waals surface area (Å²) < 4.78 is 2.01. The number of nitrogens with one attached hydrogen (secondary N) is 2. The average Bonchev–Trinajstić information content (AvgIpc) is 3.57. The monoisotopic (exact) mass is 481 g/mol. The first-order valence-corrected chi connectivity index (χ1v) is 13.4. The van der Waals surface area contributed by atoms with Crippen LogP contribution in [-0.4, -0.2) is 70.7 Å². The number of imidazole rings is 1. The van der Waals surface area contributed by atoms with E-state index in [9.17, 15) is 4.79 Å². The predicted octanol–water partition coefficient (Wildman–Crippen LogP) is 3.77. The lowest BCUT2D eigenvalue weighted by Crippen LogP contribution is -2.49. The Kier molecular flexibility index (Phi) is 7.01. The number of fused-ring (bicyclic) bond motifs is 1. The van der Waals surface area contributed by atoms with E-state index < -0.39 is 0 Å². The molecule has 0 spiro atoms. The summed E-state index contributed by atoms with van der Waals surface area (Å²) in [5.74, 6) is 1.13. The molecule has 1 amide bonds. The maximum Gasteiger partial charge on any atom is 0.234 e. The Balaban J connectivity index is 1.33. The lowest BCUT2D eigenvalue weighted by Gasteiger charge is -2.33. The van der Waals surface area contributed by atoms with Crippen LogP contribution in [0.5, 0.6) is 0 Å². The third-order valence-electron chi connectivity index (χ3n) is 6.80. The number of carbonyl (C=O) groups excluding carboxylic acids is 1. The quantitative estimate of drug-likeness (QED) is 0.510. The summed E-state index contributed by atoms with van der Waals surface area (Å²) >= 11 is 1.65. The van der Waals surface area contributed by atoms with Gasteiger partial charge < -0.3 is 15.5 Å². The average molecular weight is 482 g/mol. The highest BCUT2D eigenvalue weighted by atomic mass is 32.1. The summed E-state index contributed by atoms with van der Waals surface area (Å²) in [5, 5.41) is 12.8. The minimum atomic E-state index is 0.120. The molecule has 9 heteroatoms. The van der Waals surface area contributed by atoms with E-state index >= 15 is 0 Å². The molecule has 2 aliphatic rings. The number of hydrogen-bond acceptors (Lipinski definition) is 7. The molecule has 34 heavy (non-hydrogen) atoms. The van der Waals surface area contributed by atoms with Gasteiger partial charge in [0.25, 0.3) is 0 Å². The van der Waals surface area contributed by atoms with Crippen molar-refractivity contribution in [2.24, 2.45) is 0 Å². The Morgan fingerprint density at radius 3 is 2.56 bits per heavy atom. The van der Waals surface area contributed by atoms with Gasteiger partial charge in [0, 0.05) is 44.3 Å². The number of nitrogens with zero attached hydrogens (tertiary/aromatic N) is 5. The van der Waals surface area contributed by atoms with Crippen LogP contribution < -0.4 is 15.5 Å². The Morgan fingerprint density at radius 1 is 1.12 bits per heavy atom. The van der Waals surface area contributed by atoms with Crippen LogP contribution in [0.2, 0.25) is 0 Å². The first kappa shape index (κ1) is 23.1. The molecular weight excluding hydrogens is 446 g/mol. The largest absolute Gasteiger partial charge is 0.365 e. The maximum absolute atomic E-state index is 12.1. The third-order valence-corrected chi connectivity index (χ3v) is 7.77. The Labute approximate surface area is 205 Å². The molecule has 0 radical (unpaired) electrons. The zero-order valence-electron chi connectivity index (χ0n) is 20.2. The molecule has 1 saturated heterocycles. The van der Waals surface area contributed by atoms with Crippen molar-refractivity contribution in [2.75, 3.05) is 49.5 Å². The third kappa shape index (κ3) is 5.05. The van der Waals surface area contributed by atoms with E-state index in [-0.39, 0.29) is 5.91 Å². The number of carbonyl (C=O) groups is 1. The molecule has 2 aromatic heterocycles. The fourth-order valence-electron chi connectivity index (χ4n) is 4.79. The van der Waals surface area contributed by atoms with Gasteiger partial charge in [-0.2, -0.15) is 4.52 Å². The van der Waals surface area contributed by atoms with E-state index in [0.717, 1.165) is 66.3 Å². The zero-order valence-corrected chi connectivity index (χ0v) is 21.0. The van der Waals surface area contributed by atoms with Gasteiger partial charge in [-0.25, -0.2) is 4.98 Å².